The second-order valence-electron chi connectivity index (χ2n) is 3.01. The van der Waals surface area contributed by atoms with Gasteiger partial charge in [-0.1, -0.05) is 0 Å². The second kappa shape index (κ2) is 3.06. The number of carbonyl (C=O) groups is 1. The van der Waals surface area contributed by atoms with Gasteiger partial charge < -0.3 is 5.32 Å². The number of carbonyl (C=O) groups excluding carboxylic acids is 1. The number of aromatic nitrogens is 2. The minimum atomic E-state index is 0.367. The molecule has 1 aromatic heterocycles. The van der Waals surface area contributed by atoms with Gasteiger partial charge in [-0.15, -0.1) is 0 Å². The van der Waals surface area contributed by atoms with Crippen LogP contribution < -0.4 is 5.32 Å². The predicted molar refractivity (Wildman–Crippen MR) is 44.0 cm³/mol. The van der Waals surface area contributed by atoms with Crippen LogP contribution in [0, 0.1) is 0 Å². The lowest BCUT2D eigenvalue weighted by Gasteiger charge is -2.04. The highest BCUT2D eigenvalue weighted by Crippen LogP contribution is 2.20. The third-order valence-corrected chi connectivity index (χ3v) is 2.17. The van der Waals surface area contributed by atoms with Crippen molar-refractivity contribution in [2.45, 2.75) is 18.9 Å². The first kappa shape index (κ1) is 7.49. The summed E-state index contributed by atoms with van der Waals surface area (Å²) in [6, 6.07) is 2.17. The summed E-state index contributed by atoms with van der Waals surface area (Å²) in [7, 11) is 0. The summed E-state index contributed by atoms with van der Waals surface area (Å²) in [5.74, 6) is 0. The van der Waals surface area contributed by atoms with Crippen LogP contribution in [-0.4, -0.2) is 23.0 Å². The molecule has 2 rings (SSSR count). The molecule has 1 aromatic rings. The van der Waals surface area contributed by atoms with Crippen molar-refractivity contribution in [3.05, 3.63) is 17.5 Å². The molecule has 64 valence electrons. The van der Waals surface area contributed by atoms with E-state index in [0.717, 1.165) is 24.9 Å². The van der Waals surface area contributed by atoms with Crippen LogP contribution in [0.2, 0.25) is 0 Å². The topological polar surface area (TPSA) is 57.8 Å². The monoisotopic (exact) mass is 165 g/mol. The van der Waals surface area contributed by atoms with Gasteiger partial charge in [0.05, 0.1) is 5.69 Å². The van der Waals surface area contributed by atoms with Crippen molar-refractivity contribution >= 4 is 6.29 Å². The average molecular weight is 165 g/mol. The first-order chi connectivity index (χ1) is 5.90. The zero-order valence-corrected chi connectivity index (χ0v) is 6.71. The van der Waals surface area contributed by atoms with Gasteiger partial charge in [0.25, 0.3) is 0 Å². The Kier molecular flexibility index (Phi) is 1.91. The number of nitrogens with one attached hydrogen (secondary N) is 2. The Bertz CT molecular complexity index is 276. The highest BCUT2D eigenvalue weighted by molar-refractivity contribution is 5.71. The van der Waals surface area contributed by atoms with E-state index in [4.69, 9.17) is 0 Å². The van der Waals surface area contributed by atoms with Gasteiger partial charge in [-0.25, -0.2) is 0 Å². The summed E-state index contributed by atoms with van der Waals surface area (Å²) >= 11 is 0. The summed E-state index contributed by atoms with van der Waals surface area (Å²) in [5, 5.41) is 10.0. The van der Waals surface area contributed by atoms with Gasteiger partial charge in [0.1, 0.15) is 5.69 Å². The van der Waals surface area contributed by atoms with Crippen LogP contribution in [0.1, 0.15) is 35.1 Å². The van der Waals surface area contributed by atoms with Gasteiger partial charge in [-0.05, 0) is 25.5 Å². The number of hydrogen-bond donors (Lipinski definition) is 2. The Labute approximate surface area is 70.4 Å². The number of H-pyrrole nitrogens is 1. The van der Waals surface area contributed by atoms with Crippen LogP contribution in [0.4, 0.5) is 0 Å². The van der Waals surface area contributed by atoms with E-state index < -0.39 is 0 Å². The van der Waals surface area contributed by atoms with Crippen LogP contribution in [0.3, 0.4) is 0 Å². The summed E-state index contributed by atoms with van der Waals surface area (Å²) in [6.07, 6.45) is 3.08. The SMILES string of the molecule is O=Cc1cc(C2CCCN2)[nH]n1. The van der Waals surface area contributed by atoms with E-state index >= 15 is 0 Å². The quantitative estimate of drug-likeness (QED) is 0.632. The molecule has 0 saturated carbocycles. The minimum absolute atomic E-state index is 0.367. The molecule has 0 amide bonds. The molecule has 1 saturated heterocycles. The summed E-state index contributed by atoms with van der Waals surface area (Å²) in [4.78, 5) is 10.3. The van der Waals surface area contributed by atoms with Crippen LogP contribution in [-0.2, 0) is 0 Å². The third kappa shape index (κ3) is 1.25. The van der Waals surface area contributed by atoms with E-state index in [1.54, 1.807) is 6.07 Å². The lowest BCUT2D eigenvalue weighted by atomic mass is 10.1. The molecule has 0 spiro atoms. The first-order valence-electron chi connectivity index (χ1n) is 4.14. The van der Waals surface area contributed by atoms with Crippen LogP contribution in [0.25, 0.3) is 0 Å². The highest BCUT2D eigenvalue weighted by Gasteiger charge is 2.17. The van der Waals surface area contributed by atoms with Crippen molar-refractivity contribution in [1.82, 2.24) is 15.5 Å². The highest BCUT2D eigenvalue weighted by atomic mass is 16.1. The van der Waals surface area contributed by atoms with E-state index in [1.165, 1.54) is 6.42 Å². The van der Waals surface area contributed by atoms with Gasteiger partial charge in [-0.3, -0.25) is 9.89 Å². The van der Waals surface area contributed by atoms with E-state index in [9.17, 15) is 4.79 Å². The maximum Gasteiger partial charge on any atom is 0.170 e. The Hall–Kier alpha value is -1.16. The maximum absolute atomic E-state index is 10.3. The van der Waals surface area contributed by atoms with Crippen molar-refractivity contribution in [1.29, 1.82) is 0 Å². The maximum atomic E-state index is 10.3. The normalized spacial score (nSPS) is 22.8. The average Bonchev–Trinajstić information content (AvgIpc) is 2.75. The molecule has 4 heteroatoms. The molecule has 1 fully saturated rings. The van der Waals surface area contributed by atoms with E-state index in [2.05, 4.69) is 15.5 Å². The summed E-state index contributed by atoms with van der Waals surface area (Å²) < 4.78 is 0. The smallest absolute Gasteiger partial charge is 0.170 e. The lowest BCUT2D eigenvalue weighted by molar-refractivity contribution is 0.111. The first-order valence-corrected chi connectivity index (χ1v) is 4.14. The zero-order chi connectivity index (χ0) is 8.39. The third-order valence-electron chi connectivity index (χ3n) is 2.17. The molecular weight excluding hydrogens is 154 g/mol. The Morgan fingerprint density at radius 3 is 3.17 bits per heavy atom. The molecule has 4 nitrogen and oxygen atoms in total. The molecule has 2 N–H and O–H groups in total. The molecule has 1 unspecified atom stereocenters. The van der Waals surface area contributed by atoms with Crippen LogP contribution in [0.15, 0.2) is 6.07 Å². The predicted octanol–water partition coefficient (Wildman–Crippen LogP) is 0.647. The Morgan fingerprint density at radius 2 is 2.58 bits per heavy atom. The fourth-order valence-corrected chi connectivity index (χ4v) is 1.54. The fourth-order valence-electron chi connectivity index (χ4n) is 1.54. The minimum Gasteiger partial charge on any atom is -0.309 e. The summed E-state index contributed by atoms with van der Waals surface area (Å²) in [5.41, 5.74) is 1.51. The molecular formula is C8H11N3O. The number of rotatable bonds is 2. The molecule has 1 aliphatic heterocycles. The fraction of sp³-hybridized carbons (Fsp3) is 0.500. The van der Waals surface area contributed by atoms with Crippen molar-refractivity contribution in [3.8, 4) is 0 Å². The van der Waals surface area contributed by atoms with Crippen LogP contribution in [0.5, 0.6) is 0 Å². The van der Waals surface area contributed by atoms with Gasteiger partial charge in [0.2, 0.25) is 0 Å². The molecule has 0 aliphatic carbocycles. The molecule has 0 aromatic carbocycles. The number of hydrogen-bond acceptors (Lipinski definition) is 3. The molecule has 1 aliphatic rings. The number of aromatic amines is 1. The Balaban J connectivity index is 2.16. The molecule has 0 radical (unpaired) electrons. The van der Waals surface area contributed by atoms with E-state index in [1.807, 2.05) is 0 Å². The number of aldehydes is 1. The van der Waals surface area contributed by atoms with Crippen molar-refractivity contribution < 1.29 is 4.79 Å². The van der Waals surface area contributed by atoms with Gasteiger partial charge >= 0.3 is 0 Å². The molecule has 2 heterocycles. The molecule has 0 bridgehead atoms. The standard InChI is InChI=1S/C8H11N3O/c12-5-6-4-8(11-10-6)7-2-1-3-9-7/h4-5,7,9H,1-3H2,(H,10,11). The second-order valence-corrected chi connectivity index (χ2v) is 3.01. The van der Waals surface area contributed by atoms with E-state index in [-0.39, 0.29) is 0 Å². The van der Waals surface area contributed by atoms with Gasteiger partial charge in [-0.2, -0.15) is 5.10 Å². The van der Waals surface area contributed by atoms with Gasteiger partial charge in [0, 0.05) is 6.04 Å². The molecule has 1 atom stereocenters. The van der Waals surface area contributed by atoms with Gasteiger partial charge in [0.15, 0.2) is 6.29 Å². The number of nitrogens with zero attached hydrogens (tertiary/aromatic N) is 1. The van der Waals surface area contributed by atoms with Crippen molar-refractivity contribution in [2.75, 3.05) is 6.54 Å². The van der Waals surface area contributed by atoms with Crippen molar-refractivity contribution in [2.24, 2.45) is 0 Å². The lowest BCUT2D eigenvalue weighted by Crippen LogP contribution is -2.12. The molecule has 12 heavy (non-hydrogen) atoms. The van der Waals surface area contributed by atoms with Crippen LogP contribution >= 0.6 is 0 Å². The largest absolute Gasteiger partial charge is 0.309 e. The summed E-state index contributed by atoms with van der Waals surface area (Å²) in [6.45, 7) is 1.06. The van der Waals surface area contributed by atoms with E-state index in [0.29, 0.717) is 11.7 Å². The zero-order valence-electron chi connectivity index (χ0n) is 6.71. The van der Waals surface area contributed by atoms with Crippen molar-refractivity contribution in [3.63, 3.8) is 0 Å². The Morgan fingerprint density at radius 1 is 1.67 bits per heavy atom.